The van der Waals surface area contributed by atoms with Gasteiger partial charge in [0.05, 0.1) is 6.33 Å². The lowest BCUT2D eigenvalue weighted by Crippen LogP contribution is -2.34. The summed E-state index contributed by atoms with van der Waals surface area (Å²) in [7, 11) is 1.68. The molecular formula is C19H26N6O6. The molecule has 0 bridgehead atoms. The molecule has 168 valence electrons. The van der Waals surface area contributed by atoms with Crippen molar-refractivity contribution in [1.82, 2.24) is 19.5 Å². The van der Waals surface area contributed by atoms with Crippen molar-refractivity contribution in [1.29, 1.82) is 0 Å². The number of anilines is 2. The summed E-state index contributed by atoms with van der Waals surface area (Å²) < 4.78 is 18.5. The number of aromatic nitrogens is 4. The van der Waals surface area contributed by atoms with Gasteiger partial charge in [0.15, 0.2) is 17.0 Å². The van der Waals surface area contributed by atoms with Gasteiger partial charge in [-0.05, 0) is 0 Å². The molecule has 3 heterocycles. The number of amides is 1. The molecule has 1 amide bonds. The molecule has 0 aromatic carbocycles. The molecule has 1 saturated heterocycles. The highest BCUT2D eigenvalue weighted by Crippen LogP contribution is 2.38. The molecule has 0 unspecified atom stereocenters. The molecule has 0 saturated carbocycles. The predicted molar refractivity (Wildman–Crippen MR) is 109 cm³/mol. The van der Waals surface area contributed by atoms with Gasteiger partial charge in [-0.2, -0.15) is 9.97 Å². The Hall–Kier alpha value is -3.28. The van der Waals surface area contributed by atoms with Gasteiger partial charge in [-0.25, -0.2) is 4.98 Å². The largest absolute Gasteiger partial charge is 0.463 e. The van der Waals surface area contributed by atoms with Crippen LogP contribution in [0.4, 0.5) is 11.8 Å². The number of imidazole rings is 1. The number of hydrogen-bond donors (Lipinski definition) is 2. The van der Waals surface area contributed by atoms with E-state index in [4.69, 9.17) is 14.2 Å². The van der Waals surface area contributed by atoms with E-state index in [9.17, 15) is 14.4 Å². The monoisotopic (exact) mass is 434 g/mol. The lowest BCUT2D eigenvalue weighted by molar-refractivity contribution is -0.157. The Kier molecular flexibility index (Phi) is 6.68. The fraction of sp³-hybridized carbons (Fsp3) is 0.579. The lowest BCUT2D eigenvalue weighted by Gasteiger charge is -2.20. The van der Waals surface area contributed by atoms with Gasteiger partial charge in [-0.15, -0.1) is 0 Å². The van der Waals surface area contributed by atoms with Crippen molar-refractivity contribution in [3.63, 3.8) is 0 Å². The van der Waals surface area contributed by atoms with Gasteiger partial charge >= 0.3 is 11.9 Å². The third kappa shape index (κ3) is 4.74. The van der Waals surface area contributed by atoms with Gasteiger partial charge < -0.3 is 19.5 Å². The van der Waals surface area contributed by atoms with Crippen molar-refractivity contribution in [3.8, 4) is 0 Å². The van der Waals surface area contributed by atoms with E-state index in [-0.39, 0.29) is 36.8 Å². The number of hydrogen-bond acceptors (Lipinski definition) is 10. The number of nitrogens with zero attached hydrogens (tertiary/aromatic N) is 4. The molecule has 1 aliphatic heterocycles. The lowest BCUT2D eigenvalue weighted by atomic mass is 10.0. The highest BCUT2D eigenvalue weighted by Gasteiger charge is 2.46. The van der Waals surface area contributed by atoms with Crippen LogP contribution in [0.15, 0.2) is 6.33 Å². The number of nitrogens with one attached hydrogen (secondary N) is 2. The van der Waals surface area contributed by atoms with Crippen molar-refractivity contribution < 1.29 is 28.6 Å². The van der Waals surface area contributed by atoms with Crippen molar-refractivity contribution in [2.24, 2.45) is 5.92 Å². The van der Waals surface area contributed by atoms with Gasteiger partial charge in [0, 0.05) is 33.2 Å². The fourth-order valence-corrected chi connectivity index (χ4v) is 3.48. The Bertz CT molecular complexity index is 992. The summed E-state index contributed by atoms with van der Waals surface area (Å²) in [4.78, 5) is 47.8. The van der Waals surface area contributed by atoms with Crippen molar-refractivity contribution in [3.05, 3.63) is 6.33 Å². The molecule has 2 aromatic rings. The first-order valence-electron chi connectivity index (χ1n) is 9.93. The van der Waals surface area contributed by atoms with Crippen LogP contribution in [-0.2, 0) is 28.6 Å². The van der Waals surface area contributed by atoms with Gasteiger partial charge in [0.1, 0.15) is 25.0 Å². The minimum atomic E-state index is -0.655. The van der Waals surface area contributed by atoms with E-state index >= 15 is 0 Å². The van der Waals surface area contributed by atoms with Crippen LogP contribution in [0, 0.1) is 5.92 Å². The zero-order chi connectivity index (χ0) is 22.7. The first-order valence-corrected chi connectivity index (χ1v) is 9.93. The second kappa shape index (κ2) is 9.25. The summed E-state index contributed by atoms with van der Waals surface area (Å²) in [6.45, 7) is 6.18. The van der Waals surface area contributed by atoms with Crippen LogP contribution >= 0.6 is 0 Å². The summed E-state index contributed by atoms with van der Waals surface area (Å²) in [6, 6.07) is 0. The summed E-state index contributed by atoms with van der Waals surface area (Å²) >= 11 is 0. The molecule has 1 fully saturated rings. The van der Waals surface area contributed by atoms with Crippen LogP contribution < -0.4 is 10.6 Å². The van der Waals surface area contributed by atoms with Crippen LogP contribution in [0.1, 0.15) is 40.3 Å². The maximum Gasteiger partial charge on any atom is 0.305 e. The van der Waals surface area contributed by atoms with E-state index in [0.717, 1.165) is 0 Å². The Morgan fingerprint density at radius 1 is 1.26 bits per heavy atom. The maximum absolute atomic E-state index is 11.6. The number of carbonyl (C=O) groups is 3. The van der Waals surface area contributed by atoms with Crippen molar-refractivity contribution in [2.45, 2.75) is 52.6 Å². The van der Waals surface area contributed by atoms with E-state index in [1.54, 1.807) is 24.9 Å². The smallest absolute Gasteiger partial charge is 0.305 e. The number of esters is 2. The maximum atomic E-state index is 11.6. The molecule has 12 nitrogen and oxygen atoms in total. The number of carbonyl (C=O) groups excluding carboxylic acids is 3. The minimum absolute atomic E-state index is 0.0496. The van der Waals surface area contributed by atoms with Crippen LogP contribution in [-0.4, -0.2) is 63.2 Å². The molecule has 2 N–H and O–H groups in total. The highest BCUT2D eigenvalue weighted by molar-refractivity contribution is 5.90. The third-order valence-electron chi connectivity index (χ3n) is 4.87. The predicted octanol–water partition coefficient (Wildman–Crippen LogP) is 1.24. The molecular weight excluding hydrogens is 408 g/mol. The second-order valence-electron chi connectivity index (χ2n) is 7.19. The van der Waals surface area contributed by atoms with E-state index in [2.05, 4.69) is 25.6 Å². The summed E-state index contributed by atoms with van der Waals surface area (Å²) in [6.07, 6.45) is -0.123. The molecule has 0 aliphatic carbocycles. The Morgan fingerprint density at radius 3 is 2.61 bits per heavy atom. The topological polar surface area (TPSA) is 147 Å². The average molecular weight is 434 g/mol. The quantitative estimate of drug-likeness (QED) is 0.610. The van der Waals surface area contributed by atoms with Crippen LogP contribution in [0.25, 0.3) is 11.2 Å². The number of ether oxygens (including phenoxy) is 3. The number of rotatable bonds is 7. The van der Waals surface area contributed by atoms with Crippen LogP contribution in [0.5, 0.6) is 0 Å². The summed E-state index contributed by atoms with van der Waals surface area (Å²) in [5.74, 6) is -0.906. The van der Waals surface area contributed by atoms with Gasteiger partial charge in [-0.1, -0.05) is 13.8 Å². The van der Waals surface area contributed by atoms with Crippen LogP contribution in [0.3, 0.4) is 0 Å². The third-order valence-corrected chi connectivity index (χ3v) is 4.87. The first kappa shape index (κ1) is 22.4. The molecule has 1 aliphatic rings. The Balaban J connectivity index is 1.97. The van der Waals surface area contributed by atoms with Gasteiger partial charge in [0.2, 0.25) is 11.9 Å². The van der Waals surface area contributed by atoms with E-state index in [0.29, 0.717) is 17.0 Å². The molecule has 4 atom stereocenters. The van der Waals surface area contributed by atoms with E-state index in [1.807, 2.05) is 6.92 Å². The fourth-order valence-electron chi connectivity index (χ4n) is 3.48. The number of fused-ring (bicyclic) bond motifs is 1. The summed E-state index contributed by atoms with van der Waals surface area (Å²) in [5.41, 5.74) is 0.907. The van der Waals surface area contributed by atoms with Gasteiger partial charge in [0.25, 0.3) is 0 Å². The van der Waals surface area contributed by atoms with Crippen LogP contribution in [0.2, 0.25) is 0 Å². The molecule has 0 spiro atoms. The Labute approximate surface area is 178 Å². The van der Waals surface area contributed by atoms with Crippen molar-refractivity contribution >= 4 is 40.8 Å². The molecule has 2 aromatic heterocycles. The highest BCUT2D eigenvalue weighted by atomic mass is 16.6. The normalized spacial score (nSPS) is 22.9. The minimum Gasteiger partial charge on any atom is -0.463 e. The standard InChI is InChI=1S/C19H26N6O6/c1-6-13(28)29-7-12-15(30-11(4)27)9(2)18(31-12)25-8-21-14-16(20-5)23-19(22-10(3)26)24-17(14)25/h8-9,12,15,18H,6-7H2,1-5H3,(H2,20,22,23,24,26)/t9-,12+,15-,18+/m0/s1. The van der Waals surface area contributed by atoms with Crippen molar-refractivity contribution in [2.75, 3.05) is 24.3 Å². The molecule has 0 radical (unpaired) electrons. The van der Waals surface area contributed by atoms with Gasteiger partial charge in [-0.3, -0.25) is 24.3 Å². The molecule has 3 rings (SSSR count). The second-order valence-corrected chi connectivity index (χ2v) is 7.19. The molecule has 31 heavy (non-hydrogen) atoms. The zero-order valence-corrected chi connectivity index (χ0v) is 18.0. The SMILES string of the molecule is CCC(=O)OC[C@H]1O[C@@H](n2cnc3c(NC)nc(NC(C)=O)nc32)[C@@H](C)[C@@H]1OC(C)=O. The Morgan fingerprint density at radius 2 is 2.00 bits per heavy atom. The molecule has 12 heteroatoms. The first-order chi connectivity index (χ1) is 14.7. The average Bonchev–Trinajstić information content (AvgIpc) is 3.26. The van der Waals surface area contributed by atoms with E-state index < -0.39 is 24.4 Å². The summed E-state index contributed by atoms with van der Waals surface area (Å²) in [5, 5.41) is 5.50. The zero-order valence-electron chi connectivity index (χ0n) is 18.0. The van der Waals surface area contributed by atoms with E-state index in [1.165, 1.54) is 13.8 Å².